The minimum Gasteiger partial charge on any atom is -0.466 e. The highest BCUT2D eigenvalue weighted by atomic mass is 16.6. The van der Waals surface area contributed by atoms with E-state index < -0.39 is 41.1 Å². The van der Waals surface area contributed by atoms with Crippen LogP contribution in [-0.4, -0.2) is 42.7 Å². The molecule has 0 aliphatic carbocycles. The van der Waals surface area contributed by atoms with E-state index in [-0.39, 0.29) is 31.1 Å². The van der Waals surface area contributed by atoms with Crippen molar-refractivity contribution in [2.45, 2.75) is 40.5 Å². The lowest BCUT2D eigenvalue weighted by atomic mass is 9.77. The van der Waals surface area contributed by atoms with Gasteiger partial charge in [0.1, 0.15) is 0 Å². The highest BCUT2D eigenvalue weighted by Gasteiger charge is 2.52. The third-order valence-electron chi connectivity index (χ3n) is 4.14. The highest BCUT2D eigenvalue weighted by Crippen LogP contribution is 2.36. The summed E-state index contributed by atoms with van der Waals surface area (Å²) in [6.07, 6.45) is -1.07. The molecule has 0 amide bonds. The van der Waals surface area contributed by atoms with Crippen molar-refractivity contribution in [1.29, 1.82) is 0 Å². The van der Waals surface area contributed by atoms with Crippen LogP contribution in [0.5, 0.6) is 0 Å². The lowest BCUT2D eigenvalue weighted by molar-refractivity contribution is -0.385. The van der Waals surface area contributed by atoms with E-state index in [9.17, 15) is 24.5 Å². The van der Waals surface area contributed by atoms with Crippen LogP contribution < -0.4 is 0 Å². The Labute approximate surface area is 163 Å². The fourth-order valence-corrected chi connectivity index (χ4v) is 2.82. The summed E-state index contributed by atoms with van der Waals surface area (Å²) in [7, 11) is 0. The van der Waals surface area contributed by atoms with Gasteiger partial charge in [-0.2, -0.15) is 0 Å². The maximum atomic E-state index is 12.8. The van der Waals surface area contributed by atoms with Crippen molar-refractivity contribution in [2.75, 3.05) is 19.8 Å². The third kappa shape index (κ3) is 5.28. The van der Waals surface area contributed by atoms with Gasteiger partial charge in [-0.3, -0.25) is 24.5 Å². The van der Waals surface area contributed by atoms with Crippen LogP contribution in [0.15, 0.2) is 18.2 Å². The molecule has 0 saturated carbocycles. The van der Waals surface area contributed by atoms with Crippen molar-refractivity contribution >= 4 is 23.6 Å². The van der Waals surface area contributed by atoms with Crippen molar-refractivity contribution in [3.63, 3.8) is 0 Å². The monoisotopic (exact) mass is 395 g/mol. The predicted octanol–water partition coefficient (Wildman–Crippen LogP) is 2.51. The topological polar surface area (TPSA) is 122 Å². The number of carbonyl (C=O) groups excluding carboxylic acids is 3. The maximum Gasteiger partial charge on any atom is 0.324 e. The summed E-state index contributed by atoms with van der Waals surface area (Å²) < 4.78 is 15.0. The molecule has 0 aliphatic rings. The number of rotatable bonds is 10. The van der Waals surface area contributed by atoms with Gasteiger partial charge in [0.15, 0.2) is 5.41 Å². The lowest BCUT2D eigenvalue weighted by Crippen LogP contribution is -2.46. The molecule has 0 N–H and O–H groups in total. The van der Waals surface area contributed by atoms with E-state index in [2.05, 4.69) is 0 Å². The molecule has 0 atom stereocenters. The van der Waals surface area contributed by atoms with E-state index in [1.54, 1.807) is 33.8 Å². The second-order valence-electron chi connectivity index (χ2n) is 6.01. The number of nitro groups is 1. The Morgan fingerprint density at radius 3 is 2.00 bits per heavy atom. The molecule has 0 fully saturated rings. The summed E-state index contributed by atoms with van der Waals surface area (Å²) in [6.45, 7) is 6.26. The SMILES string of the molecule is CCOC(=O)CC(Cc1c(C)cccc1[N+](=O)[O-])(C(=O)OCC)C(=O)OCC. The fraction of sp³-hybridized carbons (Fsp3) is 0.526. The van der Waals surface area contributed by atoms with E-state index in [0.717, 1.165) is 0 Å². The summed E-state index contributed by atoms with van der Waals surface area (Å²) in [5.74, 6) is -2.78. The molecule has 0 heterocycles. The first-order valence-corrected chi connectivity index (χ1v) is 8.96. The molecule has 0 saturated heterocycles. The largest absolute Gasteiger partial charge is 0.466 e. The van der Waals surface area contributed by atoms with E-state index >= 15 is 0 Å². The molecule has 1 rings (SSSR count). The highest BCUT2D eigenvalue weighted by molar-refractivity contribution is 6.03. The van der Waals surface area contributed by atoms with Crippen molar-refractivity contribution in [3.05, 3.63) is 39.4 Å². The van der Waals surface area contributed by atoms with Gasteiger partial charge in [0.2, 0.25) is 0 Å². The van der Waals surface area contributed by atoms with Gasteiger partial charge >= 0.3 is 17.9 Å². The Hall–Kier alpha value is -2.97. The van der Waals surface area contributed by atoms with Crippen LogP contribution >= 0.6 is 0 Å². The van der Waals surface area contributed by atoms with Crippen LogP contribution in [-0.2, 0) is 35.0 Å². The molecule has 9 nitrogen and oxygen atoms in total. The van der Waals surface area contributed by atoms with Crippen LogP contribution in [0, 0.1) is 22.5 Å². The van der Waals surface area contributed by atoms with Crippen LogP contribution in [0.2, 0.25) is 0 Å². The van der Waals surface area contributed by atoms with Gasteiger partial charge in [0.05, 0.1) is 31.2 Å². The first kappa shape index (κ1) is 23.1. The standard InChI is InChI=1S/C19H25NO8/c1-5-26-16(21)12-19(17(22)27-6-2,18(23)28-7-3)11-14-13(4)9-8-10-15(14)20(24)25/h8-10H,5-7,11-12H2,1-4H3. The summed E-state index contributed by atoms with van der Waals surface area (Å²) in [5.41, 5.74) is -1.70. The molecule has 0 spiro atoms. The number of esters is 3. The molecule has 0 bridgehead atoms. The number of carbonyl (C=O) groups is 3. The third-order valence-corrected chi connectivity index (χ3v) is 4.14. The Morgan fingerprint density at radius 1 is 1.00 bits per heavy atom. The van der Waals surface area contributed by atoms with Gasteiger partial charge < -0.3 is 14.2 Å². The van der Waals surface area contributed by atoms with Crippen molar-refractivity contribution < 1.29 is 33.5 Å². The van der Waals surface area contributed by atoms with E-state index in [0.29, 0.717) is 5.56 Å². The van der Waals surface area contributed by atoms with Gasteiger partial charge in [0, 0.05) is 18.1 Å². The molecule has 0 aromatic heterocycles. The molecule has 0 unspecified atom stereocenters. The average Bonchev–Trinajstić information content (AvgIpc) is 2.62. The van der Waals surface area contributed by atoms with Gasteiger partial charge in [-0.05, 0) is 33.3 Å². The number of nitrogens with zero attached hydrogens (tertiary/aromatic N) is 1. The molecule has 0 aliphatic heterocycles. The Balaban J connectivity index is 3.59. The number of benzene rings is 1. The number of hydrogen-bond donors (Lipinski definition) is 0. The summed E-state index contributed by atoms with van der Waals surface area (Å²) in [4.78, 5) is 48.7. The van der Waals surface area contributed by atoms with Crippen molar-refractivity contribution in [1.82, 2.24) is 0 Å². The Kier molecular flexibility index (Phi) is 8.56. The lowest BCUT2D eigenvalue weighted by Gasteiger charge is -2.28. The molecule has 1 aromatic rings. The number of ether oxygens (including phenoxy) is 3. The fourth-order valence-electron chi connectivity index (χ4n) is 2.82. The van der Waals surface area contributed by atoms with E-state index in [4.69, 9.17) is 14.2 Å². The predicted molar refractivity (Wildman–Crippen MR) is 98.5 cm³/mol. The molecule has 28 heavy (non-hydrogen) atoms. The number of aryl methyl sites for hydroxylation is 1. The molecule has 1 aromatic carbocycles. The van der Waals surface area contributed by atoms with Crippen molar-refractivity contribution in [2.24, 2.45) is 5.41 Å². The maximum absolute atomic E-state index is 12.8. The average molecular weight is 395 g/mol. The Bertz CT molecular complexity index is 725. The second-order valence-corrected chi connectivity index (χ2v) is 6.01. The second kappa shape index (κ2) is 10.4. The molecule has 154 valence electrons. The van der Waals surface area contributed by atoms with Crippen LogP contribution in [0.4, 0.5) is 5.69 Å². The zero-order valence-corrected chi connectivity index (χ0v) is 16.5. The zero-order valence-electron chi connectivity index (χ0n) is 16.5. The Morgan fingerprint density at radius 2 is 1.54 bits per heavy atom. The first-order chi connectivity index (χ1) is 13.2. The van der Waals surface area contributed by atoms with Crippen LogP contribution in [0.1, 0.15) is 38.3 Å². The van der Waals surface area contributed by atoms with E-state index in [1.807, 2.05) is 0 Å². The summed E-state index contributed by atoms with van der Waals surface area (Å²) in [5, 5.41) is 11.5. The summed E-state index contributed by atoms with van der Waals surface area (Å²) in [6, 6.07) is 4.39. The molecular formula is C19H25NO8. The van der Waals surface area contributed by atoms with Gasteiger partial charge in [-0.15, -0.1) is 0 Å². The quantitative estimate of drug-likeness (QED) is 0.195. The number of nitro benzene ring substituents is 1. The normalized spacial score (nSPS) is 10.9. The van der Waals surface area contributed by atoms with E-state index in [1.165, 1.54) is 12.1 Å². The van der Waals surface area contributed by atoms with Crippen LogP contribution in [0.3, 0.4) is 0 Å². The molecule has 0 radical (unpaired) electrons. The van der Waals surface area contributed by atoms with Crippen molar-refractivity contribution in [3.8, 4) is 0 Å². The smallest absolute Gasteiger partial charge is 0.324 e. The first-order valence-electron chi connectivity index (χ1n) is 8.96. The molecular weight excluding hydrogens is 370 g/mol. The minimum atomic E-state index is -2.09. The zero-order chi connectivity index (χ0) is 21.3. The number of hydrogen-bond acceptors (Lipinski definition) is 8. The van der Waals surface area contributed by atoms with Gasteiger partial charge in [0.25, 0.3) is 5.69 Å². The minimum absolute atomic E-state index is 0.0430. The summed E-state index contributed by atoms with van der Waals surface area (Å²) >= 11 is 0. The molecule has 9 heteroatoms. The van der Waals surface area contributed by atoms with Gasteiger partial charge in [-0.1, -0.05) is 12.1 Å². The van der Waals surface area contributed by atoms with Gasteiger partial charge in [-0.25, -0.2) is 0 Å². The van der Waals surface area contributed by atoms with Crippen LogP contribution in [0.25, 0.3) is 0 Å².